The van der Waals surface area contributed by atoms with Gasteiger partial charge in [-0.1, -0.05) is 30.3 Å². The van der Waals surface area contributed by atoms with Gasteiger partial charge in [-0.3, -0.25) is 9.69 Å². The van der Waals surface area contributed by atoms with Crippen molar-refractivity contribution in [2.75, 3.05) is 4.90 Å². The van der Waals surface area contributed by atoms with Crippen LogP contribution >= 0.6 is 0 Å². The lowest BCUT2D eigenvalue weighted by Crippen LogP contribution is -2.25. The second-order valence-electron chi connectivity index (χ2n) is 4.20. The maximum absolute atomic E-state index is 12.3. The lowest BCUT2D eigenvalue weighted by atomic mass is 10.1. The number of carbonyl (C=O) groups excluding carboxylic acids is 1. The highest BCUT2D eigenvalue weighted by Gasteiger charge is 2.44. The average Bonchev–Trinajstić information content (AvgIpc) is 2.88. The van der Waals surface area contributed by atoms with Crippen LogP contribution in [-0.4, -0.2) is 5.91 Å². The van der Waals surface area contributed by atoms with Gasteiger partial charge >= 0.3 is 0 Å². The Morgan fingerprint density at radius 3 is 2.71 bits per heavy atom. The molecule has 1 unspecified atom stereocenters. The Hall–Kier alpha value is -2.29. The normalized spacial score (nSPS) is 19.6. The van der Waals surface area contributed by atoms with Gasteiger partial charge in [-0.2, -0.15) is 0 Å². The number of fused-ring (bicyclic) bond motifs is 5. The molecule has 3 nitrogen and oxygen atoms in total. The van der Waals surface area contributed by atoms with Crippen molar-refractivity contribution >= 4 is 11.6 Å². The second kappa shape index (κ2) is 2.88. The van der Waals surface area contributed by atoms with Gasteiger partial charge in [0.05, 0.1) is 5.69 Å². The van der Waals surface area contributed by atoms with Gasteiger partial charge < -0.3 is 4.74 Å². The van der Waals surface area contributed by atoms with Crippen LogP contribution in [0.1, 0.15) is 22.1 Å². The van der Waals surface area contributed by atoms with Crippen molar-refractivity contribution in [1.29, 1.82) is 0 Å². The van der Waals surface area contributed by atoms with Crippen LogP contribution in [0, 0.1) is 0 Å². The van der Waals surface area contributed by atoms with E-state index in [1.54, 1.807) is 4.90 Å². The molecule has 0 bridgehead atoms. The maximum atomic E-state index is 12.3. The van der Waals surface area contributed by atoms with E-state index in [9.17, 15) is 4.79 Å². The largest absolute Gasteiger partial charge is 0.464 e. The summed E-state index contributed by atoms with van der Waals surface area (Å²) >= 11 is 0. The molecule has 0 saturated heterocycles. The van der Waals surface area contributed by atoms with Gasteiger partial charge in [0, 0.05) is 11.1 Å². The van der Waals surface area contributed by atoms with Crippen LogP contribution in [0.5, 0.6) is 5.75 Å². The molecule has 0 fully saturated rings. The van der Waals surface area contributed by atoms with Crippen molar-refractivity contribution in [3.05, 3.63) is 59.7 Å². The zero-order valence-electron chi connectivity index (χ0n) is 8.96. The van der Waals surface area contributed by atoms with Crippen LogP contribution in [0.4, 0.5) is 5.69 Å². The highest BCUT2D eigenvalue weighted by molar-refractivity contribution is 6.12. The van der Waals surface area contributed by atoms with Crippen LogP contribution in [-0.2, 0) is 0 Å². The molecule has 2 aliphatic heterocycles. The van der Waals surface area contributed by atoms with Crippen LogP contribution in [0.3, 0.4) is 0 Å². The molecule has 1 amide bonds. The zero-order chi connectivity index (χ0) is 11.4. The molecule has 0 saturated carbocycles. The van der Waals surface area contributed by atoms with Crippen LogP contribution < -0.4 is 9.64 Å². The van der Waals surface area contributed by atoms with Gasteiger partial charge in [-0.15, -0.1) is 0 Å². The van der Waals surface area contributed by atoms with E-state index >= 15 is 0 Å². The van der Waals surface area contributed by atoms with E-state index in [0.29, 0.717) is 0 Å². The summed E-state index contributed by atoms with van der Waals surface area (Å²) < 4.78 is 5.83. The summed E-state index contributed by atoms with van der Waals surface area (Å²) in [5.41, 5.74) is 2.56. The number of benzene rings is 2. The molecule has 2 aromatic rings. The topological polar surface area (TPSA) is 29.5 Å². The third kappa shape index (κ3) is 0.984. The fourth-order valence-corrected chi connectivity index (χ4v) is 2.51. The molecule has 0 N–H and O–H groups in total. The minimum Gasteiger partial charge on any atom is -0.464 e. The SMILES string of the molecule is O=C1c2ccccc2C2Oc3ccccc3N12. The number of para-hydroxylation sites is 2. The first-order valence-corrected chi connectivity index (χ1v) is 5.54. The second-order valence-corrected chi connectivity index (χ2v) is 4.20. The first-order chi connectivity index (χ1) is 8.36. The van der Waals surface area contributed by atoms with Crippen molar-refractivity contribution in [2.24, 2.45) is 0 Å². The van der Waals surface area contributed by atoms with Crippen molar-refractivity contribution < 1.29 is 9.53 Å². The van der Waals surface area contributed by atoms with Crippen LogP contribution in [0.2, 0.25) is 0 Å². The van der Waals surface area contributed by atoms with E-state index in [0.717, 1.165) is 22.6 Å². The number of amides is 1. The summed E-state index contributed by atoms with van der Waals surface area (Å²) in [7, 11) is 0. The molecule has 1 atom stereocenters. The fourth-order valence-electron chi connectivity index (χ4n) is 2.51. The van der Waals surface area contributed by atoms with E-state index in [1.807, 2.05) is 48.5 Å². The number of nitrogens with zero attached hydrogens (tertiary/aromatic N) is 1. The summed E-state index contributed by atoms with van der Waals surface area (Å²) in [5, 5.41) is 0. The van der Waals surface area contributed by atoms with E-state index in [4.69, 9.17) is 4.74 Å². The summed E-state index contributed by atoms with van der Waals surface area (Å²) in [5.74, 6) is 0.802. The molecule has 0 spiro atoms. The summed E-state index contributed by atoms with van der Waals surface area (Å²) in [4.78, 5) is 14.0. The Labute approximate surface area is 98.2 Å². The first kappa shape index (κ1) is 8.82. The molecule has 0 aliphatic carbocycles. The standard InChI is InChI=1S/C14H9NO2/c16-13-9-5-1-2-6-10(9)14-15(13)11-7-3-4-8-12(11)17-14/h1-8,14H. The number of rotatable bonds is 0. The average molecular weight is 223 g/mol. The van der Waals surface area contributed by atoms with Gasteiger partial charge in [0.2, 0.25) is 6.23 Å². The van der Waals surface area contributed by atoms with Crippen molar-refractivity contribution in [1.82, 2.24) is 0 Å². The number of hydrogen-bond acceptors (Lipinski definition) is 2. The van der Waals surface area contributed by atoms with E-state index in [-0.39, 0.29) is 12.1 Å². The molecule has 17 heavy (non-hydrogen) atoms. The third-order valence-corrected chi connectivity index (χ3v) is 3.27. The van der Waals surface area contributed by atoms with Crippen molar-refractivity contribution in [2.45, 2.75) is 6.23 Å². The monoisotopic (exact) mass is 223 g/mol. The minimum atomic E-state index is -0.281. The van der Waals surface area contributed by atoms with Gasteiger partial charge in [-0.25, -0.2) is 0 Å². The smallest absolute Gasteiger partial charge is 0.262 e. The molecular formula is C14H9NO2. The highest BCUT2D eigenvalue weighted by Crippen LogP contribution is 2.48. The summed E-state index contributed by atoms with van der Waals surface area (Å²) in [6.07, 6.45) is -0.281. The van der Waals surface area contributed by atoms with Crippen molar-refractivity contribution in [3.8, 4) is 5.75 Å². The Balaban J connectivity index is 1.94. The Morgan fingerprint density at radius 2 is 1.76 bits per heavy atom. The summed E-state index contributed by atoms with van der Waals surface area (Å²) in [6, 6.07) is 15.2. The van der Waals surface area contributed by atoms with Gasteiger partial charge in [-0.05, 0) is 18.2 Å². The molecule has 2 aliphatic rings. The summed E-state index contributed by atoms with van der Waals surface area (Å²) in [6.45, 7) is 0. The number of hydrogen-bond donors (Lipinski definition) is 0. The predicted octanol–water partition coefficient (Wildman–Crippen LogP) is 2.74. The highest BCUT2D eigenvalue weighted by atomic mass is 16.5. The Morgan fingerprint density at radius 1 is 1.00 bits per heavy atom. The van der Waals surface area contributed by atoms with E-state index in [1.165, 1.54) is 0 Å². The Bertz CT molecular complexity index is 636. The molecule has 4 rings (SSSR count). The number of ether oxygens (including phenoxy) is 1. The third-order valence-electron chi connectivity index (χ3n) is 3.27. The fraction of sp³-hybridized carbons (Fsp3) is 0.0714. The molecule has 2 heterocycles. The number of carbonyl (C=O) groups is 1. The van der Waals surface area contributed by atoms with E-state index in [2.05, 4.69) is 0 Å². The van der Waals surface area contributed by atoms with Crippen LogP contribution in [0.15, 0.2) is 48.5 Å². The minimum absolute atomic E-state index is 0.0237. The number of anilines is 1. The molecule has 82 valence electrons. The Kier molecular flexibility index (Phi) is 1.50. The molecule has 0 radical (unpaired) electrons. The van der Waals surface area contributed by atoms with Crippen LogP contribution in [0.25, 0.3) is 0 Å². The predicted molar refractivity (Wildman–Crippen MR) is 63.1 cm³/mol. The lowest BCUT2D eigenvalue weighted by Gasteiger charge is -2.13. The lowest BCUT2D eigenvalue weighted by molar-refractivity contribution is 0.0970. The van der Waals surface area contributed by atoms with Gasteiger partial charge in [0.1, 0.15) is 5.75 Å². The van der Waals surface area contributed by atoms with Gasteiger partial charge in [0.15, 0.2) is 0 Å². The molecule has 2 aromatic carbocycles. The molecule has 0 aromatic heterocycles. The molecular weight excluding hydrogens is 214 g/mol. The quantitative estimate of drug-likeness (QED) is 0.687. The zero-order valence-corrected chi connectivity index (χ0v) is 8.96. The first-order valence-electron chi connectivity index (χ1n) is 5.54. The van der Waals surface area contributed by atoms with E-state index < -0.39 is 0 Å². The maximum Gasteiger partial charge on any atom is 0.262 e. The van der Waals surface area contributed by atoms with Gasteiger partial charge in [0.25, 0.3) is 5.91 Å². The van der Waals surface area contributed by atoms with Crippen molar-refractivity contribution in [3.63, 3.8) is 0 Å². The molecule has 3 heteroatoms.